The second kappa shape index (κ2) is 3.00. The molecular formula is C10H19NO. The SMILES string of the molecule is CC1CC1CNC1(C)CCOC1. The Kier molecular flexibility index (Phi) is 2.13. The maximum absolute atomic E-state index is 5.38. The molecule has 12 heavy (non-hydrogen) atoms. The molecule has 2 fully saturated rings. The Labute approximate surface area is 74.7 Å². The van der Waals surface area contributed by atoms with Gasteiger partial charge in [0.1, 0.15) is 0 Å². The lowest BCUT2D eigenvalue weighted by Gasteiger charge is -2.23. The lowest BCUT2D eigenvalue weighted by molar-refractivity contribution is 0.171. The average molecular weight is 169 g/mol. The number of hydrogen-bond donors (Lipinski definition) is 1. The van der Waals surface area contributed by atoms with E-state index in [0.29, 0.717) is 0 Å². The van der Waals surface area contributed by atoms with Gasteiger partial charge in [0.25, 0.3) is 0 Å². The second-order valence-electron chi connectivity index (χ2n) is 4.72. The highest BCUT2D eigenvalue weighted by atomic mass is 16.5. The maximum atomic E-state index is 5.38. The van der Waals surface area contributed by atoms with Crippen molar-refractivity contribution in [2.75, 3.05) is 19.8 Å². The van der Waals surface area contributed by atoms with Crippen LogP contribution in [-0.2, 0) is 4.74 Å². The van der Waals surface area contributed by atoms with Crippen molar-refractivity contribution in [3.05, 3.63) is 0 Å². The molecule has 1 aliphatic carbocycles. The molecule has 0 bridgehead atoms. The van der Waals surface area contributed by atoms with Gasteiger partial charge in [0.2, 0.25) is 0 Å². The first-order valence-electron chi connectivity index (χ1n) is 5.02. The number of ether oxygens (including phenoxy) is 1. The van der Waals surface area contributed by atoms with Crippen molar-refractivity contribution in [1.29, 1.82) is 0 Å². The van der Waals surface area contributed by atoms with Crippen molar-refractivity contribution in [2.24, 2.45) is 11.8 Å². The van der Waals surface area contributed by atoms with Gasteiger partial charge in [0.15, 0.2) is 0 Å². The van der Waals surface area contributed by atoms with E-state index >= 15 is 0 Å². The first-order valence-corrected chi connectivity index (χ1v) is 5.02. The van der Waals surface area contributed by atoms with Crippen LogP contribution in [0.5, 0.6) is 0 Å². The molecule has 1 heterocycles. The van der Waals surface area contributed by atoms with E-state index in [1.165, 1.54) is 19.4 Å². The number of nitrogens with one attached hydrogen (secondary N) is 1. The van der Waals surface area contributed by atoms with E-state index in [4.69, 9.17) is 4.74 Å². The summed E-state index contributed by atoms with van der Waals surface area (Å²) in [4.78, 5) is 0. The minimum Gasteiger partial charge on any atom is -0.379 e. The zero-order valence-electron chi connectivity index (χ0n) is 8.10. The van der Waals surface area contributed by atoms with Crippen LogP contribution >= 0.6 is 0 Å². The van der Waals surface area contributed by atoms with E-state index in [9.17, 15) is 0 Å². The largest absolute Gasteiger partial charge is 0.379 e. The molecule has 0 amide bonds. The zero-order chi connectivity index (χ0) is 8.60. The molecule has 0 spiro atoms. The van der Waals surface area contributed by atoms with E-state index < -0.39 is 0 Å². The molecule has 0 aromatic heterocycles. The van der Waals surface area contributed by atoms with Crippen molar-refractivity contribution in [1.82, 2.24) is 5.32 Å². The summed E-state index contributed by atoms with van der Waals surface area (Å²) in [5, 5.41) is 3.63. The van der Waals surface area contributed by atoms with Gasteiger partial charge in [0, 0.05) is 12.1 Å². The van der Waals surface area contributed by atoms with E-state index in [-0.39, 0.29) is 5.54 Å². The minimum atomic E-state index is 0.280. The lowest BCUT2D eigenvalue weighted by atomic mass is 10.0. The van der Waals surface area contributed by atoms with Gasteiger partial charge < -0.3 is 10.1 Å². The molecular weight excluding hydrogens is 150 g/mol. The summed E-state index contributed by atoms with van der Waals surface area (Å²) in [6.45, 7) is 7.63. The Bertz CT molecular complexity index is 163. The van der Waals surface area contributed by atoms with E-state index in [1.54, 1.807) is 0 Å². The average Bonchev–Trinajstić information content (AvgIpc) is 2.55. The van der Waals surface area contributed by atoms with E-state index in [1.807, 2.05) is 0 Å². The monoisotopic (exact) mass is 169 g/mol. The van der Waals surface area contributed by atoms with E-state index in [0.717, 1.165) is 25.0 Å². The topological polar surface area (TPSA) is 21.3 Å². The quantitative estimate of drug-likeness (QED) is 0.689. The van der Waals surface area contributed by atoms with Crippen molar-refractivity contribution in [2.45, 2.75) is 32.2 Å². The third-order valence-electron chi connectivity index (χ3n) is 3.29. The normalized spacial score (nSPS) is 46.5. The highest BCUT2D eigenvalue weighted by Gasteiger charge is 2.36. The molecule has 1 N–H and O–H groups in total. The van der Waals surface area contributed by atoms with Gasteiger partial charge in [-0.3, -0.25) is 0 Å². The molecule has 1 aliphatic heterocycles. The molecule has 2 aliphatic rings. The van der Waals surface area contributed by atoms with Crippen LogP contribution < -0.4 is 5.32 Å². The fourth-order valence-corrected chi connectivity index (χ4v) is 1.87. The van der Waals surface area contributed by atoms with Crippen LogP contribution in [0.15, 0.2) is 0 Å². The Morgan fingerprint density at radius 2 is 2.33 bits per heavy atom. The lowest BCUT2D eigenvalue weighted by Crippen LogP contribution is -2.43. The maximum Gasteiger partial charge on any atom is 0.0646 e. The Hall–Kier alpha value is -0.0800. The number of hydrogen-bond acceptors (Lipinski definition) is 2. The van der Waals surface area contributed by atoms with Gasteiger partial charge >= 0.3 is 0 Å². The van der Waals surface area contributed by atoms with Crippen LogP contribution in [-0.4, -0.2) is 25.3 Å². The first-order chi connectivity index (χ1) is 5.70. The van der Waals surface area contributed by atoms with Gasteiger partial charge in [-0.15, -0.1) is 0 Å². The summed E-state index contributed by atoms with van der Waals surface area (Å²) in [5.41, 5.74) is 0.280. The Balaban J connectivity index is 1.71. The van der Waals surface area contributed by atoms with Gasteiger partial charge in [-0.05, 0) is 38.1 Å². The summed E-state index contributed by atoms with van der Waals surface area (Å²) in [7, 11) is 0. The van der Waals surface area contributed by atoms with Crippen molar-refractivity contribution in [3.8, 4) is 0 Å². The van der Waals surface area contributed by atoms with Crippen LogP contribution in [0.4, 0.5) is 0 Å². The minimum absolute atomic E-state index is 0.280. The molecule has 0 aromatic carbocycles. The molecule has 3 atom stereocenters. The third kappa shape index (κ3) is 1.80. The summed E-state index contributed by atoms with van der Waals surface area (Å²) in [6.07, 6.45) is 2.60. The Morgan fingerprint density at radius 3 is 2.83 bits per heavy atom. The summed E-state index contributed by atoms with van der Waals surface area (Å²) in [6, 6.07) is 0. The third-order valence-corrected chi connectivity index (χ3v) is 3.29. The number of rotatable bonds is 3. The smallest absolute Gasteiger partial charge is 0.0646 e. The molecule has 2 nitrogen and oxygen atoms in total. The summed E-state index contributed by atoms with van der Waals surface area (Å²) >= 11 is 0. The highest BCUT2D eigenvalue weighted by Crippen LogP contribution is 2.37. The molecule has 0 aromatic rings. The fourth-order valence-electron chi connectivity index (χ4n) is 1.87. The van der Waals surface area contributed by atoms with Gasteiger partial charge in [-0.25, -0.2) is 0 Å². The molecule has 1 saturated heterocycles. The summed E-state index contributed by atoms with van der Waals surface area (Å²) in [5.74, 6) is 1.91. The summed E-state index contributed by atoms with van der Waals surface area (Å²) < 4.78 is 5.38. The van der Waals surface area contributed by atoms with Crippen LogP contribution in [0.25, 0.3) is 0 Å². The molecule has 70 valence electrons. The Morgan fingerprint density at radius 1 is 1.58 bits per heavy atom. The fraction of sp³-hybridized carbons (Fsp3) is 1.00. The van der Waals surface area contributed by atoms with Gasteiger partial charge in [-0.2, -0.15) is 0 Å². The van der Waals surface area contributed by atoms with Crippen molar-refractivity contribution >= 4 is 0 Å². The second-order valence-corrected chi connectivity index (χ2v) is 4.72. The van der Waals surface area contributed by atoms with Gasteiger partial charge in [0.05, 0.1) is 6.61 Å². The van der Waals surface area contributed by atoms with Crippen LogP contribution in [0, 0.1) is 11.8 Å². The molecule has 0 radical (unpaired) electrons. The first kappa shape index (κ1) is 8.52. The predicted octanol–water partition coefficient (Wildman–Crippen LogP) is 1.41. The van der Waals surface area contributed by atoms with Gasteiger partial charge in [-0.1, -0.05) is 6.92 Å². The van der Waals surface area contributed by atoms with E-state index in [2.05, 4.69) is 19.2 Å². The predicted molar refractivity (Wildman–Crippen MR) is 49.1 cm³/mol. The van der Waals surface area contributed by atoms with Crippen molar-refractivity contribution in [3.63, 3.8) is 0 Å². The zero-order valence-corrected chi connectivity index (χ0v) is 8.10. The highest BCUT2D eigenvalue weighted by molar-refractivity contribution is 4.91. The van der Waals surface area contributed by atoms with Crippen molar-refractivity contribution < 1.29 is 4.74 Å². The molecule has 3 unspecified atom stereocenters. The standard InChI is InChI=1S/C10H19NO/c1-8-5-9(8)6-11-10(2)3-4-12-7-10/h8-9,11H,3-7H2,1-2H3. The molecule has 1 saturated carbocycles. The van der Waals surface area contributed by atoms with Crippen LogP contribution in [0.2, 0.25) is 0 Å². The molecule has 2 heteroatoms. The molecule has 2 rings (SSSR count). The van der Waals surface area contributed by atoms with Crippen LogP contribution in [0.1, 0.15) is 26.7 Å². The van der Waals surface area contributed by atoms with Crippen LogP contribution in [0.3, 0.4) is 0 Å².